The first-order valence-corrected chi connectivity index (χ1v) is 11.7. The van der Waals surface area contributed by atoms with Crippen molar-refractivity contribution in [2.45, 2.75) is 13.3 Å². The Morgan fingerprint density at radius 3 is 2.10 bits per heavy atom. The third-order valence-electron chi connectivity index (χ3n) is 4.70. The van der Waals surface area contributed by atoms with Gasteiger partial charge < -0.3 is 13.8 Å². The van der Waals surface area contributed by atoms with Gasteiger partial charge in [-0.25, -0.2) is 0 Å². The van der Waals surface area contributed by atoms with E-state index in [2.05, 4.69) is 0 Å². The molecule has 1 heterocycles. The Morgan fingerprint density at radius 2 is 1.47 bits per heavy atom. The van der Waals surface area contributed by atoms with Crippen molar-refractivity contribution in [2.75, 3.05) is 39.1 Å². The van der Waals surface area contributed by atoms with Crippen LogP contribution in [0, 0.1) is 0 Å². The monoisotopic (exact) mass is 431 g/mol. The van der Waals surface area contributed by atoms with E-state index in [4.69, 9.17) is 13.8 Å². The van der Waals surface area contributed by atoms with E-state index in [0.717, 1.165) is 5.56 Å². The van der Waals surface area contributed by atoms with Gasteiger partial charge in [-0.05, 0) is 31.0 Å². The zero-order valence-electron chi connectivity index (χ0n) is 17.0. The number of fused-ring (bicyclic) bond motifs is 1. The van der Waals surface area contributed by atoms with E-state index in [0.29, 0.717) is 30.3 Å². The second-order valence-electron chi connectivity index (χ2n) is 6.74. The largest absolute Gasteiger partial charge is 0.377 e. The van der Waals surface area contributed by atoms with Crippen LogP contribution in [0.3, 0.4) is 0 Å². The zero-order valence-corrected chi connectivity index (χ0v) is 17.9. The summed E-state index contributed by atoms with van der Waals surface area (Å²) in [5.41, 5.74) is 1.90. The van der Waals surface area contributed by atoms with E-state index in [1.54, 1.807) is 31.2 Å². The number of benzene rings is 2. The van der Waals surface area contributed by atoms with Crippen molar-refractivity contribution in [3.63, 3.8) is 0 Å². The molecular weight excluding hydrogens is 405 g/mol. The third kappa shape index (κ3) is 5.64. The van der Waals surface area contributed by atoms with Crippen LogP contribution in [0.4, 0.5) is 0 Å². The van der Waals surface area contributed by atoms with Crippen molar-refractivity contribution in [3.8, 4) is 0 Å². The van der Waals surface area contributed by atoms with Gasteiger partial charge in [-0.2, -0.15) is 0 Å². The maximum atomic E-state index is 12.8. The predicted molar refractivity (Wildman–Crippen MR) is 113 cm³/mol. The van der Waals surface area contributed by atoms with Crippen molar-refractivity contribution >= 4 is 19.4 Å². The molecule has 1 atom stereocenters. The minimum Gasteiger partial charge on any atom is -0.377 e. The first-order valence-electron chi connectivity index (χ1n) is 9.99. The number of imide groups is 1. The number of amides is 2. The summed E-state index contributed by atoms with van der Waals surface area (Å²) >= 11 is 0. The van der Waals surface area contributed by atoms with Crippen LogP contribution in [-0.4, -0.2) is 55.8 Å². The average Bonchev–Trinajstić information content (AvgIpc) is 3.01. The molecule has 2 aromatic carbocycles. The fourth-order valence-corrected chi connectivity index (χ4v) is 4.82. The Labute approximate surface area is 176 Å². The van der Waals surface area contributed by atoms with Crippen molar-refractivity contribution in [1.82, 2.24) is 4.90 Å². The van der Waals surface area contributed by atoms with Crippen LogP contribution in [-0.2, 0) is 24.8 Å². The first kappa shape index (κ1) is 22.4. The smallest absolute Gasteiger partial charge is 0.331 e. The molecule has 30 heavy (non-hydrogen) atoms. The molecule has 2 amide bonds. The second-order valence-corrected chi connectivity index (χ2v) is 8.93. The molecule has 2 aromatic rings. The quantitative estimate of drug-likeness (QED) is 0.289. The highest BCUT2D eigenvalue weighted by Crippen LogP contribution is 2.48. The molecule has 0 N–H and O–H groups in total. The van der Waals surface area contributed by atoms with Gasteiger partial charge in [0.05, 0.1) is 50.3 Å². The molecule has 0 fully saturated rings. The van der Waals surface area contributed by atoms with E-state index >= 15 is 0 Å². The lowest BCUT2D eigenvalue weighted by molar-refractivity contribution is 0.0518. The van der Waals surface area contributed by atoms with E-state index < -0.39 is 7.60 Å². The zero-order chi connectivity index (χ0) is 21.4. The van der Waals surface area contributed by atoms with Gasteiger partial charge >= 0.3 is 7.60 Å². The Kier molecular flexibility index (Phi) is 7.94. The van der Waals surface area contributed by atoms with Crippen molar-refractivity contribution in [3.05, 3.63) is 71.3 Å². The molecule has 1 aliphatic heterocycles. The fraction of sp³-hybridized carbons (Fsp3) is 0.364. The van der Waals surface area contributed by atoms with Gasteiger partial charge in [0.25, 0.3) is 11.8 Å². The molecule has 3 rings (SSSR count). The van der Waals surface area contributed by atoms with Gasteiger partial charge in [0.1, 0.15) is 0 Å². The lowest BCUT2D eigenvalue weighted by Gasteiger charge is -2.18. The number of hydrogen-bond donors (Lipinski definition) is 0. The van der Waals surface area contributed by atoms with Gasteiger partial charge in [-0.1, -0.05) is 42.5 Å². The van der Waals surface area contributed by atoms with Crippen molar-refractivity contribution in [1.29, 1.82) is 0 Å². The SMILES string of the molecule is CCOP(=O)(CCc1ccccc1)OCCOCCN1C(=O)c2ccccc2C1=O. The van der Waals surface area contributed by atoms with Gasteiger partial charge in [0.2, 0.25) is 0 Å². The van der Waals surface area contributed by atoms with Gasteiger partial charge in [-0.3, -0.25) is 19.1 Å². The molecule has 0 saturated carbocycles. The molecule has 0 spiro atoms. The number of hydrogen-bond acceptors (Lipinski definition) is 6. The molecule has 0 aromatic heterocycles. The van der Waals surface area contributed by atoms with Crippen molar-refractivity contribution in [2.24, 2.45) is 0 Å². The summed E-state index contributed by atoms with van der Waals surface area (Å²) in [4.78, 5) is 25.8. The molecule has 1 aliphatic rings. The fourth-order valence-electron chi connectivity index (χ4n) is 3.21. The van der Waals surface area contributed by atoms with E-state index in [1.165, 1.54) is 4.90 Å². The second kappa shape index (κ2) is 10.6. The van der Waals surface area contributed by atoms with Crippen LogP contribution >= 0.6 is 7.60 Å². The first-order chi connectivity index (χ1) is 14.5. The number of nitrogens with zero attached hydrogens (tertiary/aromatic N) is 1. The van der Waals surface area contributed by atoms with Gasteiger partial charge in [-0.15, -0.1) is 0 Å². The Bertz CT molecular complexity index is 882. The maximum Gasteiger partial charge on any atom is 0.331 e. The van der Waals surface area contributed by atoms with E-state index in [9.17, 15) is 14.2 Å². The highest BCUT2D eigenvalue weighted by molar-refractivity contribution is 7.53. The highest BCUT2D eigenvalue weighted by atomic mass is 31.2. The Morgan fingerprint density at radius 1 is 0.833 bits per heavy atom. The van der Waals surface area contributed by atoms with Crippen LogP contribution in [0.15, 0.2) is 54.6 Å². The lowest BCUT2D eigenvalue weighted by Crippen LogP contribution is -2.33. The molecule has 0 bridgehead atoms. The number of carbonyl (C=O) groups excluding carboxylic acids is 2. The van der Waals surface area contributed by atoms with Crippen LogP contribution < -0.4 is 0 Å². The molecule has 0 aliphatic carbocycles. The number of aryl methyl sites for hydroxylation is 1. The normalized spacial score (nSPS) is 15.3. The molecule has 7 nitrogen and oxygen atoms in total. The molecule has 8 heteroatoms. The topological polar surface area (TPSA) is 82.1 Å². The van der Waals surface area contributed by atoms with E-state index in [-0.39, 0.29) is 38.2 Å². The predicted octanol–water partition coefficient (Wildman–Crippen LogP) is 3.79. The number of rotatable bonds is 12. The van der Waals surface area contributed by atoms with Crippen LogP contribution in [0.5, 0.6) is 0 Å². The summed E-state index contributed by atoms with van der Waals surface area (Å²) < 4.78 is 29.2. The summed E-state index contributed by atoms with van der Waals surface area (Å²) in [7, 11) is -3.21. The van der Waals surface area contributed by atoms with Crippen LogP contribution in [0.1, 0.15) is 33.2 Å². The summed E-state index contributed by atoms with van der Waals surface area (Å²) in [6, 6.07) is 16.5. The summed E-state index contributed by atoms with van der Waals surface area (Å²) in [6.45, 7) is 2.70. The molecule has 0 saturated heterocycles. The number of ether oxygens (including phenoxy) is 1. The minimum atomic E-state index is -3.21. The highest BCUT2D eigenvalue weighted by Gasteiger charge is 2.34. The molecule has 160 valence electrons. The third-order valence-corrected chi connectivity index (χ3v) is 6.69. The standard InChI is InChI=1S/C22H26NO6P/c1-2-28-30(26,17-12-18-8-4-3-5-9-18)29-16-15-27-14-13-23-21(24)19-10-6-7-11-20(19)22(23)25/h3-11H,2,12-17H2,1H3. The summed E-state index contributed by atoms with van der Waals surface area (Å²) in [5, 5.41) is 0. The number of carbonyl (C=O) groups is 2. The minimum absolute atomic E-state index is 0.105. The summed E-state index contributed by atoms with van der Waals surface area (Å²) in [6.07, 6.45) is 0.888. The lowest BCUT2D eigenvalue weighted by atomic mass is 10.1. The summed E-state index contributed by atoms with van der Waals surface area (Å²) in [5.74, 6) is -0.616. The Balaban J connectivity index is 1.39. The van der Waals surface area contributed by atoms with Crippen LogP contribution in [0.2, 0.25) is 0 Å². The Hall–Kier alpha value is -2.31. The van der Waals surface area contributed by atoms with Gasteiger partial charge in [0, 0.05) is 0 Å². The van der Waals surface area contributed by atoms with Gasteiger partial charge in [0.15, 0.2) is 0 Å². The average molecular weight is 431 g/mol. The molecular formula is C22H26NO6P. The molecule has 0 radical (unpaired) electrons. The van der Waals surface area contributed by atoms with Crippen LogP contribution in [0.25, 0.3) is 0 Å². The van der Waals surface area contributed by atoms with E-state index in [1.807, 2.05) is 30.3 Å². The molecule has 1 unspecified atom stereocenters. The maximum absolute atomic E-state index is 12.8. The van der Waals surface area contributed by atoms with Crippen molar-refractivity contribution < 1.29 is 27.9 Å².